The van der Waals surface area contributed by atoms with Crippen LogP contribution in [0.2, 0.25) is 0 Å². The van der Waals surface area contributed by atoms with Gasteiger partial charge >= 0.3 is 6.03 Å². The van der Waals surface area contributed by atoms with E-state index in [9.17, 15) is 18.0 Å². The van der Waals surface area contributed by atoms with E-state index in [1.807, 2.05) is 6.92 Å². The topological polar surface area (TPSA) is 142 Å². The predicted molar refractivity (Wildman–Crippen MR) is 168 cm³/mol. The van der Waals surface area contributed by atoms with Gasteiger partial charge in [0, 0.05) is 28.7 Å². The number of sulfonamides is 1. The fourth-order valence-electron chi connectivity index (χ4n) is 4.40. The Kier molecular flexibility index (Phi) is 13.2. The van der Waals surface area contributed by atoms with Crippen molar-refractivity contribution in [2.45, 2.75) is 95.9 Å². The van der Waals surface area contributed by atoms with E-state index in [1.54, 1.807) is 24.3 Å². The molecule has 0 aliphatic rings. The molecule has 0 spiro atoms. The van der Waals surface area contributed by atoms with Gasteiger partial charge in [0.15, 0.2) is 5.82 Å². The second-order valence-corrected chi connectivity index (χ2v) is 12.8. The van der Waals surface area contributed by atoms with Crippen molar-refractivity contribution in [2.24, 2.45) is 0 Å². The van der Waals surface area contributed by atoms with E-state index in [-0.39, 0.29) is 22.5 Å². The van der Waals surface area contributed by atoms with E-state index < -0.39 is 15.9 Å². The van der Waals surface area contributed by atoms with Crippen LogP contribution in [-0.4, -0.2) is 35.8 Å². The number of anilines is 1. The van der Waals surface area contributed by atoms with Gasteiger partial charge in [-0.1, -0.05) is 95.0 Å². The minimum Gasteiger partial charge on any atom is -0.334 e. The van der Waals surface area contributed by atoms with Gasteiger partial charge in [-0.25, -0.2) is 23.4 Å². The highest BCUT2D eigenvalue weighted by Crippen LogP contribution is 2.22. The van der Waals surface area contributed by atoms with Crippen molar-refractivity contribution in [3.05, 3.63) is 59.7 Å². The number of hydrazine groups is 1. The van der Waals surface area contributed by atoms with Crippen LogP contribution in [-0.2, 0) is 10.0 Å². The largest absolute Gasteiger partial charge is 0.334 e. The van der Waals surface area contributed by atoms with Crippen molar-refractivity contribution in [1.29, 1.82) is 0 Å². The van der Waals surface area contributed by atoms with Gasteiger partial charge in [-0.2, -0.15) is 9.36 Å². The molecule has 0 unspecified atom stereocenters. The van der Waals surface area contributed by atoms with Gasteiger partial charge in [0.2, 0.25) is 5.13 Å². The summed E-state index contributed by atoms with van der Waals surface area (Å²) in [6.45, 7) is 6.22. The normalized spacial score (nSPS) is 11.3. The molecule has 0 aliphatic heterocycles. The van der Waals surface area contributed by atoms with Crippen LogP contribution in [0.15, 0.2) is 53.4 Å². The van der Waals surface area contributed by atoms with Gasteiger partial charge in [0.1, 0.15) is 0 Å². The van der Waals surface area contributed by atoms with Crippen molar-refractivity contribution in [1.82, 2.24) is 24.8 Å². The molecule has 12 heteroatoms. The van der Waals surface area contributed by atoms with E-state index in [4.69, 9.17) is 0 Å². The second kappa shape index (κ2) is 16.8. The summed E-state index contributed by atoms with van der Waals surface area (Å²) in [6, 6.07) is 12.4. The highest BCUT2D eigenvalue weighted by Gasteiger charge is 2.19. The number of unbranched alkanes of at least 4 members (excludes halogenated alkanes) is 6. The first kappa shape index (κ1) is 33.0. The Bertz CT molecular complexity index is 1380. The Labute approximate surface area is 253 Å². The van der Waals surface area contributed by atoms with Crippen LogP contribution >= 0.6 is 11.5 Å². The predicted octanol–water partition coefficient (Wildman–Crippen LogP) is 6.57. The first-order chi connectivity index (χ1) is 20.2. The van der Waals surface area contributed by atoms with E-state index >= 15 is 0 Å². The van der Waals surface area contributed by atoms with Crippen LogP contribution in [0.5, 0.6) is 0 Å². The van der Waals surface area contributed by atoms with Gasteiger partial charge in [0.25, 0.3) is 15.9 Å². The zero-order chi connectivity index (χ0) is 30.4. The Morgan fingerprint density at radius 2 is 1.57 bits per heavy atom. The van der Waals surface area contributed by atoms with Crippen molar-refractivity contribution in [2.75, 3.05) is 5.43 Å². The van der Waals surface area contributed by atoms with E-state index in [0.717, 1.165) is 42.8 Å². The Balaban J connectivity index is 1.56. The summed E-state index contributed by atoms with van der Waals surface area (Å²) < 4.78 is 31.7. The van der Waals surface area contributed by atoms with Gasteiger partial charge in [0.05, 0.1) is 4.90 Å². The maximum absolute atomic E-state index is 12.8. The van der Waals surface area contributed by atoms with Gasteiger partial charge in [-0.3, -0.25) is 10.2 Å². The quantitative estimate of drug-likeness (QED) is 0.0995. The number of aromatic nitrogens is 2. The molecule has 3 aromatic rings. The molecule has 10 nitrogen and oxygen atoms in total. The number of urea groups is 1. The van der Waals surface area contributed by atoms with Crippen LogP contribution in [0.4, 0.5) is 9.93 Å². The van der Waals surface area contributed by atoms with Crippen molar-refractivity contribution >= 4 is 38.6 Å². The Morgan fingerprint density at radius 3 is 2.21 bits per heavy atom. The van der Waals surface area contributed by atoms with Crippen molar-refractivity contribution in [3.63, 3.8) is 0 Å². The molecule has 0 aliphatic carbocycles. The fraction of sp³-hybridized carbons (Fsp3) is 0.467. The number of aryl methyl sites for hydroxylation is 1. The first-order valence-corrected chi connectivity index (χ1v) is 16.9. The Hall–Kier alpha value is -3.51. The molecule has 3 rings (SSSR count). The summed E-state index contributed by atoms with van der Waals surface area (Å²) in [6.07, 6.45) is 11.2. The number of nitrogens with one attached hydrogen (secondary N) is 4. The van der Waals surface area contributed by atoms with Crippen LogP contribution in [0.3, 0.4) is 0 Å². The molecular weight excluding hydrogens is 573 g/mol. The summed E-state index contributed by atoms with van der Waals surface area (Å²) in [5.74, 6) is -0.422. The zero-order valence-corrected chi connectivity index (χ0v) is 26.2. The Morgan fingerprint density at radius 1 is 0.905 bits per heavy atom. The molecule has 0 fully saturated rings. The molecule has 0 saturated heterocycles. The van der Waals surface area contributed by atoms with E-state index in [2.05, 4.69) is 44.1 Å². The SMILES string of the molecule is CCCCCCC(CCCCCC)NC(=O)NNc1nc(-c2cccc(C(=O)NS(=O)(=O)c3ccc(C)cc3)c2)ns1. The molecule has 1 aromatic heterocycles. The third kappa shape index (κ3) is 10.7. The summed E-state index contributed by atoms with van der Waals surface area (Å²) in [4.78, 5) is 29.8. The third-order valence-corrected chi connectivity index (χ3v) is 8.78. The molecule has 228 valence electrons. The van der Waals surface area contributed by atoms with Crippen LogP contribution in [0.25, 0.3) is 11.4 Å². The summed E-state index contributed by atoms with van der Waals surface area (Å²) >= 11 is 1.06. The summed E-state index contributed by atoms with van der Waals surface area (Å²) in [7, 11) is -4.02. The molecule has 1 heterocycles. The summed E-state index contributed by atoms with van der Waals surface area (Å²) in [5.41, 5.74) is 7.04. The third-order valence-electron chi connectivity index (χ3n) is 6.80. The monoisotopic (exact) mass is 614 g/mol. The molecule has 0 atom stereocenters. The lowest BCUT2D eigenvalue weighted by Gasteiger charge is -2.19. The molecule has 3 amide bonds. The molecule has 0 saturated carbocycles. The van der Waals surface area contributed by atoms with Gasteiger partial charge in [-0.15, -0.1) is 0 Å². The standard InChI is InChI=1S/C30H42N6O4S2/c1-4-6-8-10-15-25(16-11-9-7-5-2)31-29(38)33-34-30-32-27(35-41-30)23-13-12-14-24(21-23)28(37)36-42(39,40)26-19-17-22(3)18-20-26/h12-14,17-21,25H,4-11,15-16H2,1-3H3,(H,36,37)(H2,31,33,38)(H,32,34,35). The average Bonchev–Trinajstić information content (AvgIpc) is 3.45. The van der Waals surface area contributed by atoms with Crippen molar-refractivity contribution < 1.29 is 18.0 Å². The zero-order valence-electron chi connectivity index (χ0n) is 24.6. The number of benzene rings is 2. The molecule has 42 heavy (non-hydrogen) atoms. The smallest absolute Gasteiger partial charge is 0.333 e. The average molecular weight is 615 g/mol. The minimum absolute atomic E-state index is 0.00494. The molecular formula is C30H42N6O4S2. The highest BCUT2D eigenvalue weighted by molar-refractivity contribution is 7.90. The number of carbonyl (C=O) groups excluding carboxylic acids is 2. The number of nitrogens with zero attached hydrogens (tertiary/aromatic N) is 2. The molecule has 4 N–H and O–H groups in total. The number of amides is 3. The van der Waals surface area contributed by atoms with Crippen LogP contribution in [0.1, 0.15) is 94.0 Å². The number of hydrogen-bond acceptors (Lipinski definition) is 8. The lowest BCUT2D eigenvalue weighted by Crippen LogP contribution is -2.44. The first-order valence-electron chi connectivity index (χ1n) is 14.6. The fourth-order valence-corrected chi connectivity index (χ4v) is 5.92. The second-order valence-electron chi connectivity index (χ2n) is 10.4. The van der Waals surface area contributed by atoms with E-state index in [0.29, 0.717) is 16.5 Å². The minimum atomic E-state index is -4.02. The number of rotatable bonds is 17. The highest BCUT2D eigenvalue weighted by atomic mass is 32.2. The lowest BCUT2D eigenvalue weighted by atomic mass is 10.0. The maximum atomic E-state index is 12.8. The van der Waals surface area contributed by atoms with E-state index in [1.165, 1.54) is 62.8 Å². The summed E-state index contributed by atoms with van der Waals surface area (Å²) in [5, 5.41) is 3.46. The van der Waals surface area contributed by atoms with Crippen LogP contribution < -0.4 is 20.9 Å². The molecule has 0 bridgehead atoms. The molecule has 0 radical (unpaired) electrons. The number of carbonyl (C=O) groups is 2. The lowest BCUT2D eigenvalue weighted by molar-refractivity contribution is 0.0981. The maximum Gasteiger partial charge on any atom is 0.333 e. The van der Waals surface area contributed by atoms with Crippen LogP contribution in [0, 0.1) is 6.92 Å². The number of hydrogen-bond donors (Lipinski definition) is 4. The van der Waals surface area contributed by atoms with Crippen molar-refractivity contribution in [3.8, 4) is 11.4 Å². The van der Waals surface area contributed by atoms with Gasteiger partial charge < -0.3 is 5.32 Å². The molecule has 2 aromatic carbocycles. The van der Waals surface area contributed by atoms with Gasteiger partial charge in [-0.05, 0) is 44.0 Å².